The van der Waals surface area contributed by atoms with Gasteiger partial charge in [-0.25, -0.2) is 0 Å². The molecule has 138 valence electrons. The molecule has 1 saturated heterocycles. The van der Waals surface area contributed by atoms with E-state index in [1.54, 1.807) is 0 Å². The maximum absolute atomic E-state index is 12.5. The lowest BCUT2D eigenvalue weighted by molar-refractivity contribution is -0.117. The molecule has 1 aromatic carbocycles. The summed E-state index contributed by atoms with van der Waals surface area (Å²) in [5, 5.41) is 3.09. The summed E-state index contributed by atoms with van der Waals surface area (Å²) in [5.41, 5.74) is 3.21. The van der Waals surface area contributed by atoms with Crippen molar-refractivity contribution >= 4 is 11.6 Å². The second kappa shape index (κ2) is 8.92. The molecule has 0 aliphatic carbocycles. The SMILES string of the molecule is CC(C)c1ccccc1NC(=O)CN1CCN(Cc2ccccn2)CC1. The molecule has 0 unspecified atom stereocenters. The molecular weight excluding hydrogens is 324 g/mol. The second-order valence-electron chi connectivity index (χ2n) is 7.16. The largest absolute Gasteiger partial charge is 0.325 e. The van der Waals surface area contributed by atoms with Crippen molar-refractivity contribution in [2.45, 2.75) is 26.3 Å². The highest BCUT2D eigenvalue weighted by molar-refractivity contribution is 5.93. The standard InChI is InChI=1S/C21H28N4O/c1-17(2)19-8-3-4-9-20(19)23-21(26)16-25-13-11-24(12-14-25)15-18-7-5-6-10-22-18/h3-10,17H,11-16H2,1-2H3,(H,23,26). The molecule has 26 heavy (non-hydrogen) atoms. The van der Waals surface area contributed by atoms with Crippen LogP contribution in [-0.4, -0.2) is 53.4 Å². The normalized spacial score (nSPS) is 16.0. The molecule has 1 aliphatic heterocycles. The fourth-order valence-corrected chi connectivity index (χ4v) is 3.33. The molecule has 2 aromatic rings. The van der Waals surface area contributed by atoms with E-state index in [0.29, 0.717) is 12.5 Å². The van der Waals surface area contributed by atoms with E-state index in [1.165, 1.54) is 5.56 Å². The summed E-state index contributed by atoms with van der Waals surface area (Å²) in [6, 6.07) is 14.1. The van der Waals surface area contributed by atoms with Crippen molar-refractivity contribution in [1.29, 1.82) is 0 Å². The van der Waals surface area contributed by atoms with Gasteiger partial charge in [0.15, 0.2) is 0 Å². The van der Waals surface area contributed by atoms with E-state index in [4.69, 9.17) is 0 Å². The number of piperazine rings is 1. The van der Waals surface area contributed by atoms with Gasteiger partial charge in [-0.3, -0.25) is 19.6 Å². The Labute approximate surface area is 156 Å². The third-order valence-electron chi connectivity index (χ3n) is 4.80. The number of aromatic nitrogens is 1. The van der Waals surface area contributed by atoms with Crippen LogP contribution in [0.25, 0.3) is 0 Å². The summed E-state index contributed by atoms with van der Waals surface area (Å²) < 4.78 is 0. The highest BCUT2D eigenvalue weighted by atomic mass is 16.2. The Balaban J connectivity index is 1.46. The predicted octanol–water partition coefficient (Wildman–Crippen LogP) is 2.96. The number of carbonyl (C=O) groups is 1. The summed E-state index contributed by atoms with van der Waals surface area (Å²) in [5.74, 6) is 0.456. The Bertz CT molecular complexity index is 709. The van der Waals surface area contributed by atoms with E-state index in [1.807, 2.05) is 36.5 Å². The van der Waals surface area contributed by atoms with E-state index >= 15 is 0 Å². The molecule has 0 spiro atoms. The van der Waals surface area contributed by atoms with Crippen molar-refractivity contribution in [3.63, 3.8) is 0 Å². The first-order chi connectivity index (χ1) is 12.6. The minimum Gasteiger partial charge on any atom is -0.325 e. The fraction of sp³-hybridized carbons (Fsp3) is 0.429. The fourth-order valence-electron chi connectivity index (χ4n) is 3.33. The number of pyridine rings is 1. The van der Waals surface area contributed by atoms with E-state index < -0.39 is 0 Å². The van der Waals surface area contributed by atoms with Gasteiger partial charge in [-0.15, -0.1) is 0 Å². The molecule has 1 aliphatic rings. The number of hydrogen-bond donors (Lipinski definition) is 1. The zero-order valence-electron chi connectivity index (χ0n) is 15.7. The summed E-state index contributed by atoms with van der Waals surface area (Å²) in [4.78, 5) is 21.5. The molecule has 1 aromatic heterocycles. The molecule has 0 bridgehead atoms. The second-order valence-corrected chi connectivity index (χ2v) is 7.16. The van der Waals surface area contributed by atoms with Crippen molar-refractivity contribution in [3.8, 4) is 0 Å². The topological polar surface area (TPSA) is 48.5 Å². The molecule has 5 heteroatoms. The van der Waals surface area contributed by atoms with Crippen molar-refractivity contribution < 1.29 is 4.79 Å². The summed E-state index contributed by atoms with van der Waals surface area (Å²) in [6.45, 7) is 9.36. The van der Waals surface area contributed by atoms with Crippen LogP contribution in [0.3, 0.4) is 0 Å². The van der Waals surface area contributed by atoms with E-state index in [2.05, 4.69) is 46.1 Å². The highest BCUT2D eigenvalue weighted by Crippen LogP contribution is 2.23. The van der Waals surface area contributed by atoms with Crippen molar-refractivity contribution in [2.75, 3.05) is 38.0 Å². The van der Waals surface area contributed by atoms with Crippen LogP contribution < -0.4 is 5.32 Å². The lowest BCUT2D eigenvalue weighted by Gasteiger charge is -2.34. The average Bonchev–Trinajstić information content (AvgIpc) is 2.64. The van der Waals surface area contributed by atoms with Gasteiger partial charge in [-0.2, -0.15) is 0 Å². The minimum atomic E-state index is 0.0660. The van der Waals surface area contributed by atoms with Crippen molar-refractivity contribution in [1.82, 2.24) is 14.8 Å². The van der Waals surface area contributed by atoms with Gasteiger partial charge in [0.25, 0.3) is 0 Å². The smallest absolute Gasteiger partial charge is 0.238 e. The molecule has 2 heterocycles. The molecule has 0 atom stereocenters. The third kappa shape index (κ3) is 5.13. The molecule has 3 rings (SSSR count). The first kappa shape index (κ1) is 18.5. The maximum atomic E-state index is 12.5. The Hall–Kier alpha value is -2.24. The minimum absolute atomic E-state index is 0.0660. The van der Waals surface area contributed by atoms with Gasteiger partial charge in [0, 0.05) is 44.6 Å². The van der Waals surface area contributed by atoms with Gasteiger partial charge < -0.3 is 5.32 Å². The molecule has 1 fully saturated rings. The van der Waals surface area contributed by atoms with Crippen molar-refractivity contribution in [3.05, 3.63) is 59.9 Å². The van der Waals surface area contributed by atoms with Crippen LogP contribution in [0.1, 0.15) is 31.0 Å². The monoisotopic (exact) mass is 352 g/mol. The number of nitrogens with one attached hydrogen (secondary N) is 1. The van der Waals surface area contributed by atoms with Gasteiger partial charge >= 0.3 is 0 Å². The Morgan fingerprint density at radius 2 is 1.73 bits per heavy atom. The van der Waals surface area contributed by atoms with Crippen LogP contribution in [0.2, 0.25) is 0 Å². The molecule has 1 N–H and O–H groups in total. The summed E-state index contributed by atoms with van der Waals surface area (Å²) >= 11 is 0. The number of benzene rings is 1. The predicted molar refractivity (Wildman–Crippen MR) is 105 cm³/mol. The summed E-state index contributed by atoms with van der Waals surface area (Å²) in [7, 11) is 0. The first-order valence-corrected chi connectivity index (χ1v) is 9.35. The maximum Gasteiger partial charge on any atom is 0.238 e. The van der Waals surface area contributed by atoms with Crippen LogP contribution in [-0.2, 0) is 11.3 Å². The van der Waals surface area contributed by atoms with E-state index in [-0.39, 0.29) is 5.91 Å². The number of carbonyl (C=O) groups excluding carboxylic acids is 1. The van der Waals surface area contributed by atoms with Crippen molar-refractivity contribution in [2.24, 2.45) is 0 Å². The van der Waals surface area contributed by atoms with Crippen LogP contribution in [0.4, 0.5) is 5.69 Å². The lowest BCUT2D eigenvalue weighted by atomic mass is 10.0. The quantitative estimate of drug-likeness (QED) is 0.868. The third-order valence-corrected chi connectivity index (χ3v) is 4.80. The van der Waals surface area contributed by atoms with Gasteiger partial charge in [-0.05, 0) is 29.7 Å². The Morgan fingerprint density at radius 1 is 1.04 bits per heavy atom. The van der Waals surface area contributed by atoms with Crippen LogP contribution in [0, 0.1) is 0 Å². The zero-order chi connectivity index (χ0) is 18.4. The average molecular weight is 352 g/mol. The molecule has 1 amide bonds. The van der Waals surface area contributed by atoms with E-state index in [9.17, 15) is 4.79 Å². The van der Waals surface area contributed by atoms with Crippen LogP contribution in [0.15, 0.2) is 48.7 Å². The molecule has 0 saturated carbocycles. The first-order valence-electron chi connectivity index (χ1n) is 9.35. The van der Waals surface area contributed by atoms with Crippen LogP contribution in [0.5, 0.6) is 0 Å². The lowest BCUT2D eigenvalue weighted by Crippen LogP contribution is -2.48. The number of hydrogen-bond acceptors (Lipinski definition) is 4. The van der Waals surface area contributed by atoms with Gasteiger partial charge in [0.1, 0.15) is 0 Å². The molecule has 5 nitrogen and oxygen atoms in total. The number of para-hydroxylation sites is 1. The van der Waals surface area contributed by atoms with Crippen LogP contribution >= 0.6 is 0 Å². The van der Waals surface area contributed by atoms with Gasteiger partial charge in [-0.1, -0.05) is 38.1 Å². The number of amides is 1. The number of nitrogens with zero attached hydrogens (tertiary/aromatic N) is 3. The molecular formula is C21H28N4O. The zero-order valence-corrected chi connectivity index (χ0v) is 15.7. The Morgan fingerprint density at radius 3 is 2.42 bits per heavy atom. The highest BCUT2D eigenvalue weighted by Gasteiger charge is 2.19. The van der Waals surface area contributed by atoms with E-state index in [0.717, 1.165) is 44.1 Å². The van der Waals surface area contributed by atoms with Gasteiger partial charge in [0.05, 0.1) is 12.2 Å². The number of rotatable bonds is 6. The van der Waals surface area contributed by atoms with Gasteiger partial charge in [0.2, 0.25) is 5.91 Å². The number of anilines is 1. The molecule has 0 radical (unpaired) electrons. The summed E-state index contributed by atoms with van der Waals surface area (Å²) in [6.07, 6.45) is 1.84. The Kier molecular flexibility index (Phi) is 6.36.